The second-order valence-electron chi connectivity index (χ2n) is 5.93. The van der Waals surface area contributed by atoms with E-state index in [-0.39, 0.29) is 18.2 Å². The first-order valence-corrected chi connectivity index (χ1v) is 7.60. The van der Waals surface area contributed by atoms with Crippen molar-refractivity contribution in [3.05, 3.63) is 50.8 Å². The van der Waals surface area contributed by atoms with Gasteiger partial charge >= 0.3 is 30.2 Å². The Kier molecular flexibility index (Phi) is 5.52. The second kappa shape index (κ2) is 7.24. The maximum absolute atomic E-state index is 13.9. The third-order valence-corrected chi connectivity index (χ3v) is 3.98. The highest BCUT2D eigenvalue weighted by Crippen LogP contribution is 2.49. The number of carboxylic acid groups (broad SMARTS) is 2. The van der Waals surface area contributed by atoms with E-state index >= 15 is 0 Å². The zero-order valence-electron chi connectivity index (χ0n) is 14.5. The Morgan fingerprint density at radius 3 is 1.81 bits per heavy atom. The van der Waals surface area contributed by atoms with Crippen LogP contribution >= 0.6 is 0 Å². The number of H-pyrrole nitrogens is 1. The fraction of sp³-hybridized carbons (Fsp3) is 0.188. The molecule has 1 heterocycles. The normalized spacial score (nSPS) is 12.6. The van der Waals surface area contributed by atoms with E-state index in [9.17, 15) is 59.7 Å². The molecule has 0 bridgehead atoms. The lowest BCUT2D eigenvalue weighted by atomic mass is 9.90. The molecule has 7 nitrogen and oxygen atoms in total. The molecular formula is C16H8F8N2O5. The van der Waals surface area contributed by atoms with Gasteiger partial charge in [0.25, 0.3) is 5.56 Å². The summed E-state index contributed by atoms with van der Waals surface area (Å²) in [6, 6.07) is -0.367. The number of pyridine rings is 1. The molecule has 15 heteroatoms. The highest BCUT2D eigenvalue weighted by Gasteiger charge is 2.61. The minimum absolute atomic E-state index is 0.223. The predicted molar refractivity (Wildman–Crippen MR) is 85.8 cm³/mol. The van der Waals surface area contributed by atoms with Gasteiger partial charge in [-0.3, -0.25) is 4.79 Å². The molecule has 168 valence electrons. The fourth-order valence-corrected chi connectivity index (χ4v) is 2.69. The van der Waals surface area contributed by atoms with E-state index in [1.165, 1.54) is 0 Å². The Morgan fingerprint density at radius 2 is 1.39 bits per heavy atom. The molecule has 2 aromatic rings. The Morgan fingerprint density at radius 1 is 0.871 bits per heavy atom. The molecule has 0 radical (unpaired) electrons. The van der Waals surface area contributed by atoms with E-state index in [2.05, 4.69) is 0 Å². The number of nitrogens with two attached hydrogens (primary N) is 1. The smallest absolute Gasteiger partial charge is 0.458 e. The topological polar surface area (TPSA) is 133 Å². The van der Waals surface area contributed by atoms with Crippen molar-refractivity contribution in [3.8, 4) is 11.1 Å². The molecule has 0 spiro atoms. The van der Waals surface area contributed by atoms with Crippen LogP contribution in [0.2, 0.25) is 0 Å². The molecule has 31 heavy (non-hydrogen) atoms. The monoisotopic (exact) mass is 460 g/mol. The van der Waals surface area contributed by atoms with Crippen LogP contribution in [0.5, 0.6) is 0 Å². The van der Waals surface area contributed by atoms with Crippen LogP contribution < -0.4 is 11.3 Å². The van der Waals surface area contributed by atoms with Gasteiger partial charge in [0, 0.05) is 11.1 Å². The van der Waals surface area contributed by atoms with Gasteiger partial charge in [0.1, 0.15) is 16.9 Å². The van der Waals surface area contributed by atoms with Gasteiger partial charge in [-0.1, -0.05) is 6.07 Å². The molecule has 0 amide bonds. The molecule has 1 aromatic heterocycles. The van der Waals surface area contributed by atoms with Gasteiger partial charge < -0.3 is 20.9 Å². The van der Waals surface area contributed by atoms with E-state index in [1.54, 1.807) is 4.98 Å². The summed E-state index contributed by atoms with van der Waals surface area (Å²) < 4.78 is 105. The Hall–Kier alpha value is -3.65. The maximum atomic E-state index is 13.9. The van der Waals surface area contributed by atoms with Gasteiger partial charge in [-0.25, -0.2) is 9.59 Å². The number of aromatic amines is 1. The average molecular weight is 460 g/mol. The number of hydrogen-bond donors (Lipinski definition) is 4. The van der Waals surface area contributed by atoms with Crippen LogP contribution in [-0.2, 0) is 12.1 Å². The van der Waals surface area contributed by atoms with Gasteiger partial charge in [0.05, 0.1) is 5.56 Å². The minimum atomic E-state index is -6.50. The lowest BCUT2D eigenvalue weighted by Gasteiger charge is -2.24. The summed E-state index contributed by atoms with van der Waals surface area (Å²) in [6.45, 7) is 0. The molecule has 5 N–H and O–H groups in total. The number of benzene rings is 1. The fourth-order valence-electron chi connectivity index (χ4n) is 2.69. The van der Waals surface area contributed by atoms with Crippen molar-refractivity contribution in [2.24, 2.45) is 0 Å². The van der Waals surface area contributed by atoms with Crippen LogP contribution in [0, 0.1) is 0 Å². The molecule has 0 saturated heterocycles. The van der Waals surface area contributed by atoms with Crippen molar-refractivity contribution < 1.29 is 54.9 Å². The van der Waals surface area contributed by atoms with Crippen LogP contribution in [0.3, 0.4) is 0 Å². The summed E-state index contributed by atoms with van der Waals surface area (Å²) in [5.41, 5.74) is -6.43. The molecule has 0 aliphatic rings. The summed E-state index contributed by atoms with van der Waals surface area (Å²) in [5, 5.41) is 18.4. The zero-order chi connectivity index (χ0) is 24.1. The van der Waals surface area contributed by atoms with Gasteiger partial charge in [-0.05, 0) is 17.7 Å². The summed E-state index contributed by atoms with van der Waals surface area (Å²) in [7, 11) is 0. The van der Waals surface area contributed by atoms with E-state index < -0.39 is 75.0 Å². The van der Waals surface area contributed by atoms with Crippen LogP contribution in [0.25, 0.3) is 11.1 Å². The van der Waals surface area contributed by atoms with E-state index in [0.717, 1.165) is 0 Å². The first-order chi connectivity index (χ1) is 13.9. The number of nitrogen functional groups attached to an aromatic ring is 1. The highest BCUT2D eigenvalue weighted by molar-refractivity contribution is 6.07. The lowest BCUT2D eigenvalue weighted by molar-refractivity contribution is -0.291. The Bertz CT molecular complexity index is 1130. The van der Waals surface area contributed by atoms with Crippen molar-refractivity contribution in [2.45, 2.75) is 18.3 Å². The summed E-state index contributed by atoms with van der Waals surface area (Å²) in [4.78, 5) is 36.4. The molecule has 0 saturated carbocycles. The number of aromatic carboxylic acids is 2. The lowest BCUT2D eigenvalue weighted by Crippen LogP contribution is -2.35. The van der Waals surface area contributed by atoms with Crippen molar-refractivity contribution in [1.82, 2.24) is 4.98 Å². The third-order valence-electron chi connectivity index (χ3n) is 3.98. The number of carbonyl (C=O) groups is 2. The van der Waals surface area contributed by atoms with Crippen LogP contribution in [0.1, 0.15) is 31.8 Å². The van der Waals surface area contributed by atoms with Crippen molar-refractivity contribution in [2.75, 3.05) is 5.73 Å². The summed E-state index contributed by atoms with van der Waals surface area (Å²) in [6.07, 6.45) is -12.2. The van der Waals surface area contributed by atoms with Gasteiger partial charge in [0.2, 0.25) is 0 Å². The minimum Gasteiger partial charge on any atom is -0.478 e. The second-order valence-corrected chi connectivity index (χ2v) is 5.93. The molecule has 0 aliphatic heterocycles. The quantitative estimate of drug-likeness (QED) is 0.515. The van der Waals surface area contributed by atoms with Crippen molar-refractivity contribution in [1.29, 1.82) is 0 Å². The Balaban J connectivity index is 3.08. The molecule has 0 aliphatic carbocycles. The number of halogens is 8. The van der Waals surface area contributed by atoms with E-state index in [1.807, 2.05) is 0 Å². The number of anilines is 1. The molecule has 0 unspecified atom stereocenters. The number of rotatable bonds is 4. The molecule has 2 rings (SSSR count). The SMILES string of the molecule is Nc1[nH]c(=O)c(C(=O)O)c(-c2ccc(C(F)(F)F)c(C(F)(F)C(F)(F)F)c2)c1C(=O)O. The van der Waals surface area contributed by atoms with Crippen LogP contribution in [0.4, 0.5) is 40.9 Å². The third kappa shape index (κ3) is 4.02. The number of aromatic nitrogens is 1. The molecule has 1 aromatic carbocycles. The van der Waals surface area contributed by atoms with Crippen molar-refractivity contribution in [3.63, 3.8) is 0 Å². The molecule has 0 atom stereocenters. The van der Waals surface area contributed by atoms with Gasteiger partial charge in [0.15, 0.2) is 0 Å². The average Bonchev–Trinajstić information content (AvgIpc) is 2.57. The Labute approximate surface area is 164 Å². The maximum Gasteiger partial charge on any atom is 0.458 e. The number of alkyl halides is 8. The van der Waals surface area contributed by atoms with Crippen molar-refractivity contribution >= 4 is 17.8 Å². The summed E-state index contributed by atoms with van der Waals surface area (Å²) >= 11 is 0. The number of hydrogen-bond acceptors (Lipinski definition) is 4. The first kappa shape index (κ1) is 23.6. The first-order valence-electron chi connectivity index (χ1n) is 7.60. The van der Waals surface area contributed by atoms with Gasteiger partial charge in [-0.2, -0.15) is 35.1 Å². The predicted octanol–water partition coefficient (Wildman–Crippen LogP) is 3.69. The van der Waals surface area contributed by atoms with Gasteiger partial charge in [-0.15, -0.1) is 0 Å². The standard InChI is InChI=1S/C16H8F8N2O5/c17-14(18,16(22,23)24)6-3-4(1-2-5(6)15(19,20)21)7-8(12(28)29)10(25)26-11(27)9(7)13(30)31/h1-3H,(H,28,29)(H,30,31)(H3,25,26,27). The number of nitrogens with one attached hydrogen (secondary N) is 1. The van der Waals surface area contributed by atoms with E-state index in [0.29, 0.717) is 0 Å². The summed E-state index contributed by atoms with van der Waals surface area (Å²) in [5.74, 6) is -11.3. The molecular weight excluding hydrogens is 452 g/mol. The van der Waals surface area contributed by atoms with Crippen LogP contribution in [0.15, 0.2) is 23.0 Å². The zero-order valence-corrected chi connectivity index (χ0v) is 14.5. The van der Waals surface area contributed by atoms with E-state index in [4.69, 9.17) is 5.73 Å². The van der Waals surface area contributed by atoms with Crippen LogP contribution in [-0.4, -0.2) is 33.3 Å². The largest absolute Gasteiger partial charge is 0.478 e. The number of carboxylic acids is 2. The molecule has 0 fully saturated rings. The highest BCUT2D eigenvalue weighted by atomic mass is 19.4.